The third kappa shape index (κ3) is 5.45. The van der Waals surface area contributed by atoms with Crippen molar-refractivity contribution >= 4 is 45.7 Å². The molecule has 13 heteroatoms. The van der Waals surface area contributed by atoms with E-state index in [2.05, 4.69) is 37.0 Å². The number of hydrogen-bond donors (Lipinski definition) is 0. The molecule has 0 spiro atoms. The lowest BCUT2D eigenvalue weighted by atomic mass is 9.92. The maximum absolute atomic E-state index is 14.7. The van der Waals surface area contributed by atoms with E-state index in [4.69, 9.17) is 20.9 Å². The van der Waals surface area contributed by atoms with Crippen molar-refractivity contribution in [2.75, 3.05) is 23.9 Å². The SMILES string of the molecule is CC(C)c1noc(N2CCC([C@H](C)OCSc3ccc(-c4cn5nc(Cl)sc5n4)c(F)n3)CC2)n1. The van der Waals surface area contributed by atoms with Crippen molar-refractivity contribution in [2.45, 2.75) is 50.7 Å². The molecule has 1 fully saturated rings. The van der Waals surface area contributed by atoms with Crippen LogP contribution in [0, 0.1) is 11.9 Å². The minimum atomic E-state index is -0.575. The Balaban J connectivity index is 1.10. The average Bonchev–Trinajstić information content (AvgIpc) is 3.54. The third-order valence-electron chi connectivity index (χ3n) is 6.08. The van der Waals surface area contributed by atoms with Gasteiger partial charge >= 0.3 is 6.01 Å². The molecule has 0 amide bonds. The highest BCUT2D eigenvalue weighted by Gasteiger charge is 2.27. The van der Waals surface area contributed by atoms with Gasteiger partial charge in [0.05, 0.1) is 29.5 Å². The van der Waals surface area contributed by atoms with E-state index in [0.717, 1.165) is 31.8 Å². The average molecular weight is 538 g/mol. The number of nitrogens with zero attached hydrogens (tertiary/aromatic N) is 7. The number of halogens is 2. The maximum Gasteiger partial charge on any atom is 0.324 e. The molecule has 4 aromatic rings. The largest absolute Gasteiger partial charge is 0.367 e. The van der Waals surface area contributed by atoms with Gasteiger partial charge in [-0.15, -0.1) is 5.10 Å². The fourth-order valence-electron chi connectivity index (χ4n) is 3.98. The normalized spacial score (nSPS) is 16.0. The van der Waals surface area contributed by atoms with E-state index < -0.39 is 5.95 Å². The molecule has 1 atom stereocenters. The molecule has 1 aliphatic heterocycles. The summed E-state index contributed by atoms with van der Waals surface area (Å²) in [5.74, 6) is 1.24. The van der Waals surface area contributed by atoms with Crippen LogP contribution in [0.1, 0.15) is 45.4 Å². The van der Waals surface area contributed by atoms with Crippen LogP contribution in [0.4, 0.5) is 10.4 Å². The number of anilines is 1. The molecular weight excluding hydrogens is 513 g/mol. The molecule has 0 aliphatic carbocycles. The number of rotatable bonds is 8. The Morgan fingerprint density at radius 3 is 2.71 bits per heavy atom. The molecule has 0 bridgehead atoms. The van der Waals surface area contributed by atoms with Gasteiger partial charge in [0.25, 0.3) is 0 Å². The van der Waals surface area contributed by atoms with Crippen LogP contribution in [0.5, 0.6) is 0 Å². The fraction of sp³-hybridized carbons (Fsp3) is 0.500. The number of ether oxygens (including phenoxy) is 1. The van der Waals surface area contributed by atoms with Crippen LogP contribution in [-0.4, -0.2) is 54.9 Å². The Morgan fingerprint density at radius 2 is 2.03 bits per heavy atom. The zero-order chi connectivity index (χ0) is 24.5. The Bertz CT molecular complexity index is 1270. The number of pyridine rings is 1. The number of thioether (sulfide) groups is 1. The van der Waals surface area contributed by atoms with Crippen LogP contribution < -0.4 is 4.90 Å². The van der Waals surface area contributed by atoms with E-state index in [9.17, 15) is 4.39 Å². The molecule has 1 aliphatic rings. The van der Waals surface area contributed by atoms with Gasteiger partial charge in [0.15, 0.2) is 5.82 Å². The van der Waals surface area contributed by atoms with Crippen molar-refractivity contribution in [2.24, 2.45) is 5.92 Å². The zero-order valence-electron chi connectivity index (χ0n) is 19.5. The number of fused-ring (bicyclic) bond motifs is 1. The first kappa shape index (κ1) is 24.4. The van der Waals surface area contributed by atoms with Gasteiger partial charge in [0.1, 0.15) is 5.03 Å². The highest BCUT2D eigenvalue weighted by molar-refractivity contribution is 7.99. The van der Waals surface area contributed by atoms with Crippen molar-refractivity contribution in [3.8, 4) is 11.3 Å². The molecule has 5 heterocycles. The van der Waals surface area contributed by atoms with E-state index in [-0.39, 0.29) is 12.0 Å². The summed E-state index contributed by atoms with van der Waals surface area (Å²) in [4.78, 5) is 15.7. The van der Waals surface area contributed by atoms with E-state index >= 15 is 0 Å². The molecule has 35 heavy (non-hydrogen) atoms. The second-order valence-corrected chi connectivity index (χ2v) is 11.2. The molecule has 0 radical (unpaired) electrons. The monoisotopic (exact) mass is 537 g/mol. The van der Waals surface area contributed by atoms with Gasteiger partial charge in [-0.05, 0) is 49.4 Å². The quantitative estimate of drug-likeness (QED) is 0.163. The van der Waals surface area contributed by atoms with Crippen LogP contribution in [0.3, 0.4) is 0 Å². The summed E-state index contributed by atoms with van der Waals surface area (Å²) >= 11 is 8.48. The lowest BCUT2D eigenvalue weighted by molar-refractivity contribution is 0.0460. The summed E-state index contributed by atoms with van der Waals surface area (Å²) < 4.78 is 28.1. The third-order valence-corrected chi connectivity index (χ3v) is 7.87. The Morgan fingerprint density at radius 1 is 1.23 bits per heavy atom. The Hall–Kier alpha value is -2.28. The molecular formula is C22H25ClFN7O2S2. The summed E-state index contributed by atoms with van der Waals surface area (Å²) in [6.07, 6.45) is 3.69. The molecule has 186 valence electrons. The van der Waals surface area contributed by atoms with E-state index in [1.165, 1.54) is 27.6 Å². The Kier molecular flexibility index (Phi) is 7.24. The van der Waals surface area contributed by atoms with Gasteiger partial charge in [-0.2, -0.15) is 9.37 Å². The van der Waals surface area contributed by atoms with E-state index in [1.54, 1.807) is 18.3 Å². The molecule has 0 aromatic carbocycles. The highest BCUT2D eigenvalue weighted by atomic mass is 35.5. The van der Waals surface area contributed by atoms with Gasteiger partial charge < -0.3 is 14.2 Å². The molecule has 0 N–H and O–H groups in total. The van der Waals surface area contributed by atoms with Gasteiger partial charge in [0.2, 0.25) is 15.4 Å². The summed E-state index contributed by atoms with van der Waals surface area (Å²) in [5, 5.41) is 8.71. The molecule has 5 rings (SSSR count). The van der Waals surface area contributed by atoms with Crippen molar-refractivity contribution in [3.05, 3.63) is 34.6 Å². The summed E-state index contributed by atoms with van der Waals surface area (Å²) in [7, 11) is 0. The van der Waals surface area contributed by atoms with Crippen LogP contribution in [0.25, 0.3) is 16.2 Å². The molecule has 4 aromatic heterocycles. The van der Waals surface area contributed by atoms with E-state index in [1.807, 2.05) is 13.8 Å². The number of hydrogen-bond acceptors (Lipinski definition) is 10. The molecule has 9 nitrogen and oxygen atoms in total. The predicted octanol–water partition coefficient (Wildman–Crippen LogP) is 5.52. The van der Waals surface area contributed by atoms with Crippen molar-refractivity contribution in [1.29, 1.82) is 0 Å². The van der Waals surface area contributed by atoms with Gasteiger partial charge in [-0.25, -0.2) is 14.5 Å². The summed E-state index contributed by atoms with van der Waals surface area (Å²) in [6.45, 7) is 7.89. The topological polar surface area (TPSA) is 94.5 Å². The maximum atomic E-state index is 14.7. The van der Waals surface area contributed by atoms with Crippen molar-refractivity contribution in [1.82, 2.24) is 29.7 Å². The number of piperidine rings is 1. The fourth-order valence-corrected chi connectivity index (χ4v) is 5.59. The lowest BCUT2D eigenvalue weighted by Crippen LogP contribution is -2.38. The lowest BCUT2D eigenvalue weighted by Gasteiger charge is -2.33. The standard InChI is InChI=1S/C22H25ClFN7O2S2/c1-12(2)19-27-21(33-29-19)30-8-6-14(7-9-30)13(3)32-11-34-17-5-4-15(18(24)26-17)16-10-31-22(25-16)35-20(23)28-31/h4-5,10,12-14H,6-9,11H2,1-3H3/t13-/m0/s1. The number of imidazole rings is 1. The van der Waals surface area contributed by atoms with Gasteiger partial charge in [-0.1, -0.05) is 42.1 Å². The Labute approximate surface area is 215 Å². The van der Waals surface area contributed by atoms with Crippen LogP contribution >= 0.6 is 34.7 Å². The molecule has 1 saturated heterocycles. The second kappa shape index (κ2) is 10.4. The van der Waals surface area contributed by atoms with Crippen LogP contribution in [0.15, 0.2) is 27.9 Å². The van der Waals surface area contributed by atoms with Gasteiger partial charge in [0, 0.05) is 19.0 Å². The first-order valence-electron chi connectivity index (χ1n) is 11.4. The van der Waals surface area contributed by atoms with Crippen LogP contribution in [-0.2, 0) is 4.74 Å². The predicted molar refractivity (Wildman–Crippen MR) is 134 cm³/mol. The van der Waals surface area contributed by atoms with Crippen molar-refractivity contribution < 1.29 is 13.7 Å². The highest BCUT2D eigenvalue weighted by Crippen LogP contribution is 2.29. The van der Waals surface area contributed by atoms with Crippen molar-refractivity contribution in [3.63, 3.8) is 0 Å². The number of aromatic nitrogens is 6. The summed E-state index contributed by atoms with van der Waals surface area (Å²) in [5.41, 5.74) is 0.796. The minimum Gasteiger partial charge on any atom is -0.367 e. The van der Waals surface area contributed by atoms with Crippen LogP contribution in [0.2, 0.25) is 4.47 Å². The first-order chi connectivity index (χ1) is 16.9. The molecule has 0 saturated carbocycles. The minimum absolute atomic E-state index is 0.0838. The molecule has 0 unspecified atom stereocenters. The van der Waals surface area contributed by atoms with E-state index in [0.29, 0.717) is 43.6 Å². The smallest absolute Gasteiger partial charge is 0.324 e. The zero-order valence-corrected chi connectivity index (χ0v) is 21.9. The second-order valence-electron chi connectivity index (χ2n) is 8.74. The first-order valence-corrected chi connectivity index (χ1v) is 13.6. The summed E-state index contributed by atoms with van der Waals surface area (Å²) in [6, 6.07) is 4.06. The van der Waals surface area contributed by atoms with Gasteiger partial charge in [-0.3, -0.25) is 0 Å².